The van der Waals surface area contributed by atoms with Gasteiger partial charge in [-0.2, -0.15) is 0 Å². The Morgan fingerprint density at radius 1 is 0.909 bits per heavy atom. The summed E-state index contributed by atoms with van der Waals surface area (Å²) in [6, 6.07) is 20.7. The highest BCUT2D eigenvalue weighted by Gasteiger charge is 2.34. The van der Waals surface area contributed by atoms with E-state index in [9.17, 15) is 14.0 Å². The van der Waals surface area contributed by atoms with E-state index in [-0.39, 0.29) is 5.69 Å². The number of nitrogens with one attached hydrogen (secondary N) is 1. The van der Waals surface area contributed by atoms with Gasteiger partial charge in [0, 0.05) is 23.8 Å². The highest BCUT2D eigenvalue weighted by Crippen LogP contribution is 2.30. The molecule has 0 saturated heterocycles. The van der Waals surface area contributed by atoms with Crippen molar-refractivity contribution in [3.63, 3.8) is 0 Å². The van der Waals surface area contributed by atoms with Gasteiger partial charge in [0.15, 0.2) is 0 Å². The average Bonchev–Trinajstić information content (AvgIpc) is 2.85. The maximum absolute atomic E-state index is 13.6. The molecule has 164 valence electrons. The van der Waals surface area contributed by atoms with Crippen molar-refractivity contribution in [2.24, 2.45) is 0 Å². The molecule has 1 atom stereocenters. The van der Waals surface area contributed by atoms with Crippen LogP contribution < -0.4 is 10.2 Å². The molecule has 0 bridgehead atoms. The fourth-order valence-corrected chi connectivity index (χ4v) is 3.42. The molecule has 3 aromatic carbocycles. The predicted molar refractivity (Wildman–Crippen MR) is 124 cm³/mol. The van der Waals surface area contributed by atoms with Crippen LogP contribution in [-0.4, -0.2) is 21.8 Å². The maximum atomic E-state index is 13.6. The van der Waals surface area contributed by atoms with E-state index in [1.54, 1.807) is 24.3 Å². The SMILES string of the molecule is Cc1ccc(C(C(=O)Nc2ccc(F)cc2)N(C(=O)c2cnccn2)c2ccccc2)cc1. The van der Waals surface area contributed by atoms with E-state index in [1.807, 2.05) is 37.3 Å². The Morgan fingerprint density at radius 3 is 2.24 bits per heavy atom. The van der Waals surface area contributed by atoms with Gasteiger partial charge in [-0.15, -0.1) is 0 Å². The summed E-state index contributed by atoms with van der Waals surface area (Å²) in [7, 11) is 0. The van der Waals surface area contributed by atoms with Crippen molar-refractivity contribution in [1.29, 1.82) is 0 Å². The second-order valence-corrected chi connectivity index (χ2v) is 7.41. The number of hydrogen-bond acceptors (Lipinski definition) is 4. The second kappa shape index (κ2) is 9.82. The first-order chi connectivity index (χ1) is 16.0. The van der Waals surface area contributed by atoms with Crippen LogP contribution in [0.15, 0.2) is 97.5 Å². The number of amides is 2. The standard InChI is InChI=1S/C26H21FN4O2/c1-18-7-9-19(10-8-18)24(25(32)30-21-13-11-20(27)12-14-21)31(22-5-3-2-4-6-22)26(33)23-17-28-15-16-29-23/h2-17,24H,1H3,(H,30,32). The molecule has 1 heterocycles. The highest BCUT2D eigenvalue weighted by molar-refractivity contribution is 6.11. The molecule has 4 rings (SSSR count). The van der Waals surface area contributed by atoms with E-state index in [2.05, 4.69) is 15.3 Å². The summed E-state index contributed by atoms with van der Waals surface area (Å²) in [5.74, 6) is -1.34. The number of benzene rings is 3. The highest BCUT2D eigenvalue weighted by atomic mass is 19.1. The maximum Gasteiger partial charge on any atom is 0.279 e. The molecular weight excluding hydrogens is 419 g/mol. The van der Waals surface area contributed by atoms with Crippen LogP contribution in [0.1, 0.15) is 27.7 Å². The number of aromatic nitrogens is 2. The summed E-state index contributed by atoms with van der Waals surface area (Å²) in [5, 5.41) is 2.80. The van der Waals surface area contributed by atoms with Gasteiger partial charge in [-0.1, -0.05) is 48.0 Å². The van der Waals surface area contributed by atoms with Gasteiger partial charge < -0.3 is 5.32 Å². The number of halogens is 1. The molecule has 6 nitrogen and oxygen atoms in total. The lowest BCUT2D eigenvalue weighted by molar-refractivity contribution is -0.117. The zero-order chi connectivity index (χ0) is 23.2. The Bertz CT molecular complexity index is 1230. The van der Waals surface area contributed by atoms with Gasteiger partial charge in [0.2, 0.25) is 0 Å². The Morgan fingerprint density at radius 2 is 1.61 bits per heavy atom. The summed E-state index contributed by atoms with van der Waals surface area (Å²) in [5.41, 5.74) is 2.67. The summed E-state index contributed by atoms with van der Waals surface area (Å²) in [6.45, 7) is 1.94. The van der Waals surface area contributed by atoms with Crippen LogP contribution in [0.25, 0.3) is 0 Å². The first-order valence-corrected chi connectivity index (χ1v) is 10.3. The monoisotopic (exact) mass is 440 g/mol. The van der Waals surface area contributed by atoms with Crippen LogP contribution in [0.5, 0.6) is 0 Å². The molecule has 0 radical (unpaired) electrons. The number of hydrogen-bond donors (Lipinski definition) is 1. The lowest BCUT2D eigenvalue weighted by Crippen LogP contribution is -2.42. The third-order valence-electron chi connectivity index (χ3n) is 5.05. The summed E-state index contributed by atoms with van der Waals surface area (Å²) in [4.78, 5) is 36.8. The van der Waals surface area contributed by atoms with E-state index >= 15 is 0 Å². The van der Waals surface area contributed by atoms with Crippen molar-refractivity contribution in [3.05, 3.63) is 120 Å². The van der Waals surface area contributed by atoms with E-state index in [1.165, 1.54) is 47.8 Å². The number of carbonyl (C=O) groups excluding carboxylic acids is 2. The van der Waals surface area contributed by atoms with Gasteiger partial charge in [-0.25, -0.2) is 9.37 Å². The van der Waals surface area contributed by atoms with E-state index < -0.39 is 23.7 Å². The quantitative estimate of drug-likeness (QED) is 0.460. The molecule has 4 aromatic rings. The molecule has 0 saturated carbocycles. The van der Waals surface area contributed by atoms with Crippen LogP contribution >= 0.6 is 0 Å². The van der Waals surface area contributed by atoms with Crippen molar-refractivity contribution in [2.45, 2.75) is 13.0 Å². The number of rotatable bonds is 6. The predicted octanol–water partition coefficient (Wildman–Crippen LogP) is 4.95. The molecule has 33 heavy (non-hydrogen) atoms. The van der Waals surface area contributed by atoms with Gasteiger partial charge in [0.05, 0.1) is 6.20 Å². The van der Waals surface area contributed by atoms with Gasteiger partial charge in [-0.3, -0.25) is 19.5 Å². The molecule has 0 aliphatic carbocycles. The van der Waals surface area contributed by atoms with E-state index in [0.29, 0.717) is 16.9 Å². The summed E-state index contributed by atoms with van der Waals surface area (Å²) in [6.07, 6.45) is 4.26. The molecule has 0 aliphatic heterocycles. The first-order valence-electron chi connectivity index (χ1n) is 10.3. The van der Waals surface area contributed by atoms with Crippen molar-refractivity contribution < 1.29 is 14.0 Å². The average molecular weight is 440 g/mol. The van der Waals surface area contributed by atoms with Crippen LogP contribution in [-0.2, 0) is 4.79 Å². The van der Waals surface area contributed by atoms with Crippen molar-refractivity contribution in [3.8, 4) is 0 Å². The van der Waals surface area contributed by atoms with Crippen molar-refractivity contribution in [2.75, 3.05) is 10.2 Å². The van der Waals surface area contributed by atoms with Crippen molar-refractivity contribution >= 4 is 23.2 Å². The zero-order valence-electron chi connectivity index (χ0n) is 17.9. The van der Waals surface area contributed by atoms with Gasteiger partial charge in [-0.05, 0) is 48.9 Å². The van der Waals surface area contributed by atoms with Crippen LogP contribution in [0.3, 0.4) is 0 Å². The van der Waals surface area contributed by atoms with Crippen LogP contribution in [0.2, 0.25) is 0 Å². The Hall–Kier alpha value is -4.39. The lowest BCUT2D eigenvalue weighted by Gasteiger charge is -2.31. The van der Waals surface area contributed by atoms with Crippen LogP contribution in [0, 0.1) is 12.7 Å². The number of para-hydroxylation sites is 1. The number of nitrogens with zero attached hydrogens (tertiary/aromatic N) is 3. The molecule has 7 heteroatoms. The fraction of sp³-hybridized carbons (Fsp3) is 0.0769. The minimum absolute atomic E-state index is 0.105. The molecule has 1 unspecified atom stereocenters. The Balaban J connectivity index is 1.82. The van der Waals surface area contributed by atoms with Gasteiger partial charge in [0.1, 0.15) is 17.6 Å². The lowest BCUT2D eigenvalue weighted by atomic mass is 10.0. The minimum atomic E-state index is -1.02. The summed E-state index contributed by atoms with van der Waals surface area (Å²) >= 11 is 0. The first kappa shape index (κ1) is 21.8. The molecule has 1 N–H and O–H groups in total. The van der Waals surface area contributed by atoms with Gasteiger partial charge >= 0.3 is 0 Å². The third-order valence-corrected chi connectivity index (χ3v) is 5.05. The number of carbonyl (C=O) groups is 2. The molecule has 2 amide bonds. The Labute approximate surface area is 190 Å². The third kappa shape index (κ3) is 5.10. The van der Waals surface area contributed by atoms with E-state index in [0.717, 1.165) is 5.56 Å². The molecule has 0 aliphatic rings. The molecule has 0 spiro atoms. The zero-order valence-corrected chi connectivity index (χ0v) is 17.9. The molecule has 0 fully saturated rings. The van der Waals surface area contributed by atoms with Crippen LogP contribution in [0.4, 0.5) is 15.8 Å². The molecular formula is C26H21FN4O2. The molecule has 1 aromatic heterocycles. The Kier molecular flexibility index (Phi) is 6.50. The van der Waals surface area contributed by atoms with Gasteiger partial charge in [0.25, 0.3) is 11.8 Å². The minimum Gasteiger partial charge on any atom is -0.324 e. The summed E-state index contributed by atoms with van der Waals surface area (Å²) < 4.78 is 13.4. The topological polar surface area (TPSA) is 75.2 Å². The normalized spacial score (nSPS) is 11.5. The number of anilines is 2. The van der Waals surface area contributed by atoms with E-state index in [4.69, 9.17) is 0 Å². The smallest absolute Gasteiger partial charge is 0.279 e. The fourth-order valence-electron chi connectivity index (χ4n) is 3.42. The van der Waals surface area contributed by atoms with Crippen molar-refractivity contribution in [1.82, 2.24) is 9.97 Å². The number of aryl methyl sites for hydroxylation is 1. The second-order valence-electron chi connectivity index (χ2n) is 7.41. The largest absolute Gasteiger partial charge is 0.324 e.